The first-order valence-electron chi connectivity index (χ1n) is 9.02. The normalized spacial score (nSPS) is 22.1. The van der Waals surface area contributed by atoms with Gasteiger partial charge in [0.05, 0.1) is 6.04 Å². The lowest BCUT2D eigenvalue weighted by molar-refractivity contribution is -0.127. The van der Waals surface area contributed by atoms with Crippen molar-refractivity contribution in [3.63, 3.8) is 0 Å². The Balaban J connectivity index is 0.00000288. The molecule has 1 aromatic carbocycles. The third-order valence-corrected chi connectivity index (χ3v) is 4.92. The van der Waals surface area contributed by atoms with Gasteiger partial charge in [-0.25, -0.2) is 0 Å². The third kappa shape index (κ3) is 5.49. The molecule has 3 atom stereocenters. The Bertz CT molecular complexity index is 513. The fourth-order valence-corrected chi connectivity index (χ4v) is 3.36. The zero-order chi connectivity index (χ0) is 17.0. The van der Waals surface area contributed by atoms with E-state index in [1.807, 2.05) is 0 Å². The first-order valence-corrected chi connectivity index (χ1v) is 9.02. The van der Waals surface area contributed by atoms with Crippen LogP contribution in [0.25, 0.3) is 0 Å². The molecule has 1 fully saturated rings. The number of hydrogen-bond acceptors (Lipinski definition) is 2. The quantitative estimate of drug-likeness (QED) is 0.822. The molecule has 1 aliphatic heterocycles. The second kappa shape index (κ2) is 9.43. The van der Waals surface area contributed by atoms with Gasteiger partial charge in [-0.05, 0) is 49.3 Å². The van der Waals surface area contributed by atoms with Gasteiger partial charge in [-0.1, -0.05) is 52.0 Å². The maximum absolute atomic E-state index is 12.7. The average Bonchev–Trinajstić information content (AvgIpc) is 2.52. The first-order chi connectivity index (χ1) is 10.9. The highest BCUT2D eigenvalue weighted by Crippen LogP contribution is 2.26. The Morgan fingerprint density at radius 2 is 1.71 bits per heavy atom. The van der Waals surface area contributed by atoms with Gasteiger partial charge in [0.15, 0.2) is 0 Å². The fraction of sp³-hybridized carbons (Fsp3) is 0.650. The molecule has 1 amide bonds. The van der Waals surface area contributed by atoms with Crippen LogP contribution >= 0.6 is 12.4 Å². The summed E-state index contributed by atoms with van der Waals surface area (Å²) in [6.45, 7) is 11.8. The van der Waals surface area contributed by atoms with Gasteiger partial charge in [0.1, 0.15) is 0 Å². The van der Waals surface area contributed by atoms with Crippen LogP contribution < -0.4 is 10.6 Å². The van der Waals surface area contributed by atoms with Crippen LogP contribution in [0.4, 0.5) is 0 Å². The van der Waals surface area contributed by atoms with Crippen LogP contribution in [0.3, 0.4) is 0 Å². The monoisotopic (exact) mass is 352 g/mol. The Labute approximate surface area is 153 Å². The van der Waals surface area contributed by atoms with Crippen LogP contribution in [0, 0.1) is 11.8 Å². The number of piperidine rings is 1. The molecule has 3 nitrogen and oxygen atoms in total. The van der Waals surface area contributed by atoms with E-state index in [4.69, 9.17) is 0 Å². The van der Waals surface area contributed by atoms with Crippen molar-refractivity contribution < 1.29 is 4.79 Å². The number of carbonyl (C=O) groups excluding carboxylic acids is 1. The largest absolute Gasteiger partial charge is 0.349 e. The summed E-state index contributed by atoms with van der Waals surface area (Å²) >= 11 is 0. The molecule has 0 bridgehead atoms. The van der Waals surface area contributed by atoms with Crippen molar-refractivity contribution in [2.75, 3.05) is 6.54 Å². The van der Waals surface area contributed by atoms with E-state index in [1.54, 1.807) is 0 Å². The number of nitrogens with one attached hydrogen (secondary N) is 2. The molecule has 1 unspecified atom stereocenters. The third-order valence-electron chi connectivity index (χ3n) is 4.92. The van der Waals surface area contributed by atoms with Gasteiger partial charge in [0.2, 0.25) is 5.91 Å². The molecule has 4 heteroatoms. The molecule has 2 rings (SSSR count). The maximum Gasteiger partial charge on any atom is 0.223 e. The molecule has 1 saturated heterocycles. The van der Waals surface area contributed by atoms with Gasteiger partial charge in [-0.3, -0.25) is 4.79 Å². The summed E-state index contributed by atoms with van der Waals surface area (Å²) < 4.78 is 0. The van der Waals surface area contributed by atoms with Gasteiger partial charge >= 0.3 is 0 Å². The second-order valence-corrected chi connectivity index (χ2v) is 7.63. The van der Waals surface area contributed by atoms with E-state index in [9.17, 15) is 4.79 Å². The van der Waals surface area contributed by atoms with Crippen molar-refractivity contribution in [1.29, 1.82) is 0 Å². The predicted molar refractivity (Wildman–Crippen MR) is 104 cm³/mol. The Morgan fingerprint density at radius 3 is 2.21 bits per heavy atom. The molecule has 1 aliphatic rings. The number of amides is 1. The summed E-state index contributed by atoms with van der Waals surface area (Å²) in [7, 11) is 0. The molecule has 1 aromatic rings. The van der Waals surface area contributed by atoms with E-state index in [-0.39, 0.29) is 30.3 Å². The summed E-state index contributed by atoms with van der Waals surface area (Å²) in [6.07, 6.45) is 1.87. The highest BCUT2D eigenvalue weighted by atomic mass is 35.5. The fourth-order valence-electron chi connectivity index (χ4n) is 3.36. The lowest BCUT2D eigenvalue weighted by Crippen LogP contribution is -2.44. The predicted octanol–water partition coefficient (Wildman–Crippen LogP) is 4.43. The van der Waals surface area contributed by atoms with Crippen LogP contribution in [-0.4, -0.2) is 18.5 Å². The molecule has 1 heterocycles. The zero-order valence-corrected chi connectivity index (χ0v) is 16.5. The minimum atomic E-state index is 0. The number of carbonyl (C=O) groups is 1. The van der Waals surface area contributed by atoms with Crippen LogP contribution in [0.15, 0.2) is 24.3 Å². The summed E-state index contributed by atoms with van der Waals surface area (Å²) in [5.74, 6) is 1.27. The number of rotatable bonds is 5. The van der Waals surface area contributed by atoms with Gasteiger partial charge in [0.25, 0.3) is 0 Å². The molecule has 0 spiro atoms. The highest BCUT2D eigenvalue weighted by molar-refractivity contribution is 5.85. The maximum atomic E-state index is 12.7. The molecule has 24 heavy (non-hydrogen) atoms. The molecule has 2 N–H and O–H groups in total. The van der Waals surface area contributed by atoms with Gasteiger partial charge in [-0.2, -0.15) is 0 Å². The van der Waals surface area contributed by atoms with Crippen molar-refractivity contribution in [1.82, 2.24) is 10.6 Å². The van der Waals surface area contributed by atoms with E-state index in [2.05, 4.69) is 69.5 Å². The van der Waals surface area contributed by atoms with E-state index in [0.717, 1.165) is 19.4 Å². The van der Waals surface area contributed by atoms with Crippen LogP contribution in [0.2, 0.25) is 0 Å². The molecular formula is C20H33ClN2O. The first kappa shape index (κ1) is 21.0. The van der Waals surface area contributed by atoms with Crippen molar-refractivity contribution in [2.24, 2.45) is 11.8 Å². The molecule has 0 radical (unpaired) electrons. The van der Waals surface area contributed by atoms with Crippen LogP contribution in [-0.2, 0) is 4.79 Å². The Morgan fingerprint density at radius 1 is 1.12 bits per heavy atom. The van der Waals surface area contributed by atoms with Crippen molar-refractivity contribution in [3.8, 4) is 0 Å². The van der Waals surface area contributed by atoms with Crippen molar-refractivity contribution in [2.45, 2.75) is 65.5 Å². The van der Waals surface area contributed by atoms with E-state index < -0.39 is 0 Å². The summed E-state index contributed by atoms with van der Waals surface area (Å²) in [6, 6.07) is 9.25. The second-order valence-electron chi connectivity index (χ2n) is 7.63. The molecule has 136 valence electrons. The van der Waals surface area contributed by atoms with Crippen molar-refractivity contribution >= 4 is 18.3 Å². The average molecular weight is 353 g/mol. The minimum absolute atomic E-state index is 0. The number of benzene rings is 1. The topological polar surface area (TPSA) is 41.1 Å². The van der Waals surface area contributed by atoms with Crippen molar-refractivity contribution in [3.05, 3.63) is 35.4 Å². The molecular weight excluding hydrogens is 320 g/mol. The molecule has 0 aliphatic carbocycles. The van der Waals surface area contributed by atoms with Gasteiger partial charge in [0, 0.05) is 12.0 Å². The standard InChI is InChI=1S/C20H32N2O.ClH/c1-13(2)16-6-8-17(9-7-16)19(14(3)4)22-20(23)18-10-11-21-15(5)12-18;/h6-9,13-15,18-19,21H,10-12H2,1-5H3,(H,22,23);1H/t15-,18-,19?;/m0./s1. The van der Waals surface area contributed by atoms with E-state index in [0.29, 0.717) is 17.9 Å². The van der Waals surface area contributed by atoms with Crippen LogP contribution in [0.5, 0.6) is 0 Å². The van der Waals surface area contributed by atoms with Gasteiger partial charge < -0.3 is 10.6 Å². The number of halogens is 1. The zero-order valence-electron chi connectivity index (χ0n) is 15.6. The lowest BCUT2D eigenvalue weighted by atomic mass is 9.90. The lowest BCUT2D eigenvalue weighted by Gasteiger charge is -2.30. The highest BCUT2D eigenvalue weighted by Gasteiger charge is 2.27. The van der Waals surface area contributed by atoms with Gasteiger partial charge in [-0.15, -0.1) is 12.4 Å². The summed E-state index contributed by atoms with van der Waals surface area (Å²) in [5.41, 5.74) is 2.55. The minimum Gasteiger partial charge on any atom is -0.349 e. The van der Waals surface area contributed by atoms with E-state index >= 15 is 0 Å². The van der Waals surface area contributed by atoms with E-state index in [1.165, 1.54) is 11.1 Å². The summed E-state index contributed by atoms with van der Waals surface area (Å²) in [4.78, 5) is 12.7. The Hall–Kier alpha value is -1.06. The summed E-state index contributed by atoms with van der Waals surface area (Å²) in [5, 5.41) is 6.72. The molecule has 0 saturated carbocycles. The SMILES string of the molecule is CC(C)c1ccc(C(NC(=O)[C@H]2CCN[C@@H](C)C2)C(C)C)cc1.Cl. The smallest absolute Gasteiger partial charge is 0.223 e. The number of hydrogen-bond donors (Lipinski definition) is 2. The Kier molecular flexibility index (Phi) is 8.24. The molecule has 0 aromatic heterocycles. The van der Waals surface area contributed by atoms with Crippen LogP contribution in [0.1, 0.15) is 70.5 Å².